The van der Waals surface area contributed by atoms with Gasteiger partial charge in [0.1, 0.15) is 0 Å². The number of likely N-dealkylation sites (tertiary alicyclic amines) is 1. The number of rotatable bonds is 4. The number of hydrogen-bond acceptors (Lipinski definition) is 4. The average Bonchev–Trinajstić information content (AvgIpc) is 2.84. The average molecular weight is 368 g/mol. The molecule has 1 amide bonds. The van der Waals surface area contributed by atoms with Crippen molar-refractivity contribution >= 4 is 39.9 Å². The number of sulfonamides is 1. The summed E-state index contributed by atoms with van der Waals surface area (Å²) in [6.45, 7) is 2.55. The van der Waals surface area contributed by atoms with Crippen LogP contribution in [0.1, 0.15) is 13.3 Å². The molecule has 1 aliphatic rings. The summed E-state index contributed by atoms with van der Waals surface area (Å²) < 4.78 is 26.8. The maximum atomic E-state index is 12.2. The van der Waals surface area contributed by atoms with Gasteiger partial charge in [0.05, 0.1) is 10.9 Å². The number of nitrogens with zero attached hydrogens (tertiary/aromatic N) is 1. The Bertz CT molecular complexity index is 622. The zero-order valence-corrected chi connectivity index (χ0v) is 14.4. The maximum absolute atomic E-state index is 12.2. The minimum Gasteiger partial charge on any atom is -0.340 e. The molecule has 9 heteroatoms. The molecule has 22 heavy (non-hydrogen) atoms. The molecule has 1 heterocycles. The maximum Gasteiger partial charge on any atom is 0.241 e. The van der Waals surface area contributed by atoms with Crippen LogP contribution < -0.4 is 10.5 Å². The molecule has 1 aromatic rings. The lowest BCUT2D eigenvalue weighted by molar-refractivity contribution is -0.131. The molecule has 1 unspecified atom stereocenters. The summed E-state index contributed by atoms with van der Waals surface area (Å²) in [7, 11) is -3.75. The van der Waals surface area contributed by atoms with Gasteiger partial charge in [0.2, 0.25) is 15.9 Å². The fraction of sp³-hybridized carbons (Fsp3) is 0.462. The third-order valence-electron chi connectivity index (χ3n) is 3.36. The van der Waals surface area contributed by atoms with E-state index in [1.807, 2.05) is 0 Å². The van der Waals surface area contributed by atoms with Gasteiger partial charge < -0.3 is 10.6 Å². The molecule has 0 aromatic heterocycles. The molecule has 6 nitrogen and oxygen atoms in total. The number of nitrogens with two attached hydrogens (primary N) is 1. The lowest BCUT2D eigenvalue weighted by Gasteiger charge is -2.21. The van der Waals surface area contributed by atoms with E-state index in [0.717, 1.165) is 6.42 Å². The van der Waals surface area contributed by atoms with E-state index in [0.29, 0.717) is 18.1 Å². The first-order chi connectivity index (χ1) is 9.79. The van der Waals surface area contributed by atoms with Crippen LogP contribution in [0, 0.1) is 0 Å². The summed E-state index contributed by atoms with van der Waals surface area (Å²) in [6, 6.07) is 4.90. The van der Waals surface area contributed by atoms with Crippen molar-refractivity contribution in [1.82, 2.24) is 9.62 Å². The van der Waals surface area contributed by atoms with Gasteiger partial charge >= 0.3 is 0 Å². The Kier molecular flexibility index (Phi) is 6.64. The van der Waals surface area contributed by atoms with Gasteiger partial charge in [-0.1, -0.05) is 11.6 Å². The first kappa shape index (κ1) is 19.2. The molecular weight excluding hydrogens is 349 g/mol. The molecule has 0 radical (unpaired) electrons. The van der Waals surface area contributed by atoms with Crippen molar-refractivity contribution in [3.63, 3.8) is 0 Å². The number of nitrogens with one attached hydrogen (secondary N) is 1. The van der Waals surface area contributed by atoms with Gasteiger partial charge in [-0.15, -0.1) is 12.4 Å². The molecule has 1 saturated heterocycles. The smallest absolute Gasteiger partial charge is 0.241 e. The van der Waals surface area contributed by atoms with Crippen LogP contribution in [0.25, 0.3) is 0 Å². The first-order valence-corrected chi connectivity index (χ1v) is 8.48. The molecule has 2 atom stereocenters. The molecule has 0 spiro atoms. The number of carbonyl (C=O) groups is 1. The fourth-order valence-corrected chi connectivity index (χ4v) is 3.55. The normalized spacial score (nSPS) is 19.6. The Balaban J connectivity index is 0.00000242. The summed E-state index contributed by atoms with van der Waals surface area (Å²) in [5.41, 5.74) is 5.75. The van der Waals surface area contributed by atoms with Crippen molar-refractivity contribution in [2.75, 3.05) is 13.1 Å². The minimum atomic E-state index is -3.75. The van der Waals surface area contributed by atoms with E-state index in [1.54, 1.807) is 4.90 Å². The molecule has 0 aliphatic carbocycles. The summed E-state index contributed by atoms with van der Waals surface area (Å²) in [5, 5.41) is 0.448. The molecule has 0 bridgehead atoms. The van der Waals surface area contributed by atoms with E-state index in [1.165, 1.54) is 31.2 Å². The number of hydrogen-bond donors (Lipinski definition) is 2. The lowest BCUT2D eigenvalue weighted by Crippen LogP contribution is -2.46. The monoisotopic (exact) mass is 367 g/mol. The van der Waals surface area contributed by atoms with Gasteiger partial charge in [0.15, 0.2) is 0 Å². The summed E-state index contributed by atoms with van der Waals surface area (Å²) >= 11 is 5.73. The Morgan fingerprint density at radius 3 is 2.50 bits per heavy atom. The Morgan fingerprint density at radius 2 is 2.00 bits per heavy atom. The van der Waals surface area contributed by atoms with Gasteiger partial charge in [-0.25, -0.2) is 8.42 Å². The van der Waals surface area contributed by atoms with Crippen molar-refractivity contribution in [3.05, 3.63) is 29.3 Å². The highest BCUT2D eigenvalue weighted by molar-refractivity contribution is 7.89. The van der Waals surface area contributed by atoms with Crippen molar-refractivity contribution in [1.29, 1.82) is 0 Å². The molecular formula is C13H19Cl2N3O3S. The standard InChI is InChI=1S/C13H18ClN3O3S.ClH/c1-9(13(18)17-7-6-11(15)8-17)16-21(19,20)12-4-2-10(14)3-5-12;/h2-5,9,11,16H,6-8,15H2,1H3;1H/t9?,11-;/m1./s1. The summed E-state index contributed by atoms with van der Waals surface area (Å²) in [6.07, 6.45) is 0.738. The van der Waals surface area contributed by atoms with Crippen LogP contribution >= 0.6 is 24.0 Å². The van der Waals surface area contributed by atoms with E-state index in [-0.39, 0.29) is 29.3 Å². The molecule has 1 aromatic carbocycles. The minimum absolute atomic E-state index is 0. The molecule has 0 saturated carbocycles. The zero-order chi connectivity index (χ0) is 15.6. The largest absolute Gasteiger partial charge is 0.340 e. The highest BCUT2D eigenvalue weighted by Crippen LogP contribution is 2.15. The van der Waals surface area contributed by atoms with Crippen LogP contribution in [0.3, 0.4) is 0 Å². The van der Waals surface area contributed by atoms with Crippen LogP contribution in [-0.4, -0.2) is 44.4 Å². The van der Waals surface area contributed by atoms with Gasteiger partial charge in [-0.3, -0.25) is 4.79 Å². The van der Waals surface area contributed by atoms with Crippen molar-refractivity contribution in [3.8, 4) is 0 Å². The van der Waals surface area contributed by atoms with E-state index >= 15 is 0 Å². The highest BCUT2D eigenvalue weighted by atomic mass is 35.5. The molecule has 2 rings (SSSR count). The molecule has 1 fully saturated rings. The second-order valence-electron chi connectivity index (χ2n) is 5.13. The van der Waals surface area contributed by atoms with Crippen LogP contribution in [-0.2, 0) is 14.8 Å². The Hall–Kier alpha value is -0.860. The van der Waals surface area contributed by atoms with Gasteiger partial charge in [0, 0.05) is 24.2 Å². The number of amides is 1. The molecule has 3 N–H and O–H groups in total. The van der Waals surface area contributed by atoms with Crippen molar-refractivity contribution in [2.24, 2.45) is 5.73 Å². The van der Waals surface area contributed by atoms with Gasteiger partial charge in [-0.2, -0.15) is 4.72 Å². The third-order valence-corrected chi connectivity index (χ3v) is 5.17. The van der Waals surface area contributed by atoms with Crippen LogP contribution in [0.2, 0.25) is 5.02 Å². The SMILES string of the molecule is CC(NS(=O)(=O)c1ccc(Cl)cc1)C(=O)N1CC[C@@H](N)C1.Cl. The quantitative estimate of drug-likeness (QED) is 0.829. The zero-order valence-electron chi connectivity index (χ0n) is 12.0. The highest BCUT2D eigenvalue weighted by Gasteiger charge is 2.29. The number of benzene rings is 1. The fourth-order valence-electron chi connectivity index (χ4n) is 2.23. The van der Waals surface area contributed by atoms with E-state index < -0.39 is 16.1 Å². The number of carbonyl (C=O) groups excluding carboxylic acids is 1. The van der Waals surface area contributed by atoms with E-state index in [9.17, 15) is 13.2 Å². The molecule has 124 valence electrons. The Labute approximate surface area is 141 Å². The van der Waals surface area contributed by atoms with E-state index in [2.05, 4.69) is 4.72 Å². The predicted octanol–water partition coefficient (Wildman–Crippen LogP) is 0.988. The van der Waals surface area contributed by atoms with Crippen LogP contribution in [0.4, 0.5) is 0 Å². The topological polar surface area (TPSA) is 92.5 Å². The van der Waals surface area contributed by atoms with Crippen molar-refractivity contribution < 1.29 is 13.2 Å². The predicted molar refractivity (Wildman–Crippen MR) is 87.7 cm³/mol. The van der Waals surface area contributed by atoms with Gasteiger partial charge in [0.25, 0.3) is 0 Å². The summed E-state index contributed by atoms with van der Waals surface area (Å²) in [5.74, 6) is -0.263. The van der Waals surface area contributed by atoms with Crippen LogP contribution in [0.5, 0.6) is 0 Å². The van der Waals surface area contributed by atoms with E-state index in [4.69, 9.17) is 17.3 Å². The number of halogens is 2. The van der Waals surface area contributed by atoms with Gasteiger partial charge in [-0.05, 0) is 37.6 Å². The Morgan fingerprint density at radius 1 is 1.41 bits per heavy atom. The third kappa shape index (κ3) is 4.57. The molecule has 1 aliphatic heterocycles. The van der Waals surface area contributed by atoms with Crippen molar-refractivity contribution in [2.45, 2.75) is 30.3 Å². The second-order valence-corrected chi connectivity index (χ2v) is 7.28. The second kappa shape index (κ2) is 7.61. The first-order valence-electron chi connectivity index (χ1n) is 6.62. The van der Waals surface area contributed by atoms with Crippen LogP contribution in [0.15, 0.2) is 29.2 Å². The lowest BCUT2D eigenvalue weighted by atomic mass is 10.3. The summed E-state index contributed by atoms with van der Waals surface area (Å²) in [4.78, 5) is 13.8.